The van der Waals surface area contributed by atoms with E-state index in [0.717, 1.165) is 18.0 Å². The lowest BCUT2D eigenvalue weighted by molar-refractivity contribution is 0.809. The Balaban J connectivity index is 2.25. The molecular formula is C8H12N2S. The van der Waals surface area contributed by atoms with Crippen LogP contribution in [0.4, 0.5) is 0 Å². The van der Waals surface area contributed by atoms with Gasteiger partial charge in [0.1, 0.15) is 5.01 Å². The minimum absolute atomic E-state index is 1.03. The number of nitrogens with one attached hydrogen (secondary N) is 1. The van der Waals surface area contributed by atoms with Crippen LogP contribution < -0.4 is 5.32 Å². The third kappa shape index (κ3) is 3.30. The zero-order valence-electron chi connectivity index (χ0n) is 6.58. The summed E-state index contributed by atoms with van der Waals surface area (Å²) in [6, 6.07) is 0. The zero-order chi connectivity index (χ0) is 7.94. The van der Waals surface area contributed by atoms with Crippen molar-refractivity contribution in [3.05, 3.63) is 22.7 Å². The Morgan fingerprint density at radius 1 is 1.73 bits per heavy atom. The first-order valence-electron chi connectivity index (χ1n) is 3.64. The number of thiazole rings is 1. The van der Waals surface area contributed by atoms with Gasteiger partial charge >= 0.3 is 0 Å². The van der Waals surface area contributed by atoms with Crippen LogP contribution in [0, 0.1) is 0 Å². The maximum Gasteiger partial charge on any atom is 0.115 e. The highest BCUT2D eigenvalue weighted by atomic mass is 32.1. The van der Waals surface area contributed by atoms with Crippen LogP contribution in [-0.2, 0) is 0 Å². The molecule has 60 valence electrons. The van der Waals surface area contributed by atoms with Gasteiger partial charge in [0, 0.05) is 11.6 Å². The number of aromatic nitrogens is 1. The van der Waals surface area contributed by atoms with Crippen molar-refractivity contribution in [2.24, 2.45) is 0 Å². The van der Waals surface area contributed by atoms with Crippen LogP contribution in [0.1, 0.15) is 11.4 Å². The van der Waals surface area contributed by atoms with Crippen LogP contribution >= 0.6 is 11.3 Å². The molecule has 0 radical (unpaired) electrons. The van der Waals surface area contributed by atoms with Gasteiger partial charge in [-0.1, -0.05) is 6.08 Å². The molecule has 0 aliphatic heterocycles. The Hall–Kier alpha value is -0.670. The lowest BCUT2D eigenvalue weighted by atomic mass is 10.4. The lowest BCUT2D eigenvalue weighted by Crippen LogP contribution is -2.05. The maximum atomic E-state index is 4.13. The largest absolute Gasteiger partial charge is 0.319 e. The SMILES string of the molecule is CNCCC=Cc1nccs1. The topological polar surface area (TPSA) is 24.9 Å². The molecule has 1 heterocycles. The fourth-order valence-electron chi connectivity index (χ4n) is 0.729. The smallest absolute Gasteiger partial charge is 0.115 e. The highest BCUT2D eigenvalue weighted by Crippen LogP contribution is 2.05. The zero-order valence-corrected chi connectivity index (χ0v) is 7.40. The molecule has 0 spiro atoms. The van der Waals surface area contributed by atoms with E-state index in [1.165, 1.54) is 0 Å². The molecule has 0 unspecified atom stereocenters. The first kappa shape index (κ1) is 8.43. The summed E-state index contributed by atoms with van der Waals surface area (Å²) in [5.74, 6) is 0. The average molecular weight is 168 g/mol. The molecule has 0 aliphatic carbocycles. The van der Waals surface area contributed by atoms with Gasteiger partial charge in [0.15, 0.2) is 0 Å². The monoisotopic (exact) mass is 168 g/mol. The second-order valence-electron chi connectivity index (χ2n) is 2.16. The summed E-state index contributed by atoms with van der Waals surface area (Å²) in [5.41, 5.74) is 0. The molecule has 0 amide bonds. The van der Waals surface area contributed by atoms with Crippen LogP contribution in [0.5, 0.6) is 0 Å². The van der Waals surface area contributed by atoms with Crippen molar-refractivity contribution in [1.82, 2.24) is 10.3 Å². The molecule has 0 fully saturated rings. The van der Waals surface area contributed by atoms with Gasteiger partial charge in [-0.3, -0.25) is 0 Å². The normalized spacial score (nSPS) is 11.0. The van der Waals surface area contributed by atoms with Gasteiger partial charge in [0.05, 0.1) is 0 Å². The third-order valence-electron chi connectivity index (χ3n) is 1.27. The standard InChI is InChI=1S/C8H12N2S/c1-9-5-3-2-4-8-10-6-7-11-8/h2,4,6-7,9H,3,5H2,1H3. The first-order chi connectivity index (χ1) is 5.43. The minimum atomic E-state index is 1.03. The lowest BCUT2D eigenvalue weighted by Gasteiger charge is -1.89. The van der Waals surface area contributed by atoms with Crippen LogP contribution in [-0.4, -0.2) is 18.6 Å². The summed E-state index contributed by atoms with van der Waals surface area (Å²) >= 11 is 1.66. The van der Waals surface area contributed by atoms with Gasteiger partial charge < -0.3 is 5.32 Å². The van der Waals surface area contributed by atoms with Crippen molar-refractivity contribution in [1.29, 1.82) is 0 Å². The summed E-state index contributed by atoms with van der Waals surface area (Å²) in [5, 5.41) is 6.15. The Bertz CT molecular complexity index is 204. The highest BCUT2D eigenvalue weighted by Gasteiger charge is 1.85. The van der Waals surface area contributed by atoms with E-state index in [0.29, 0.717) is 0 Å². The first-order valence-corrected chi connectivity index (χ1v) is 4.52. The Morgan fingerprint density at radius 2 is 2.64 bits per heavy atom. The molecular weight excluding hydrogens is 156 g/mol. The van der Waals surface area contributed by atoms with Crippen LogP contribution in [0.2, 0.25) is 0 Å². The summed E-state index contributed by atoms with van der Waals surface area (Å²) in [6.45, 7) is 1.03. The van der Waals surface area contributed by atoms with Gasteiger partial charge in [0.2, 0.25) is 0 Å². The summed E-state index contributed by atoms with van der Waals surface area (Å²) in [6.07, 6.45) is 7.08. The molecule has 2 nitrogen and oxygen atoms in total. The van der Waals surface area contributed by atoms with E-state index in [2.05, 4.69) is 22.5 Å². The van der Waals surface area contributed by atoms with Crippen LogP contribution in [0.15, 0.2) is 17.7 Å². The quantitative estimate of drug-likeness (QED) is 0.693. The van der Waals surface area contributed by atoms with Crippen LogP contribution in [0.25, 0.3) is 6.08 Å². The predicted octanol–water partition coefficient (Wildman–Crippen LogP) is 1.77. The fraction of sp³-hybridized carbons (Fsp3) is 0.375. The van der Waals surface area contributed by atoms with Crippen molar-refractivity contribution in [2.75, 3.05) is 13.6 Å². The van der Waals surface area contributed by atoms with Crippen LogP contribution in [0.3, 0.4) is 0 Å². The van der Waals surface area contributed by atoms with Gasteiger partial charge in [-0.15, -0.1) is 11.3 Å². The molecule has 11 heavy (non-hydrogen) atoms. The van der Waals surface area contributed by atoms with Gasteiger partial charge in [-0.25, -0.2) is 4.98 Å². The van der Waals surface area contributed by atoms with E-state index >= 15 is 0 Å². The second-order valence-corrected chi connectivity index (χ2v) is 3.09. The highest BCUT2D eigenvalue weighted by molar-refractivity contribution is 7.10. The molecule has 3 heteroatoms. The Morgan fingerprint density at radius 3 is 3.27 bits per heavy atom. The maximum absolute atomic E-state index is 4.13. The van der Waals surface area contributed by atoms with Crippen molar-refractivity contribution >= 4 is 17.4 Å². The van der Waals surface area contributed by atoms with Gasteiger partial charge in [-0.05, 0) is 26.1 Å². The number of hydrogen-bond donors (Lipinski definition) is 1. The second kappa shape index (κ2) is 5.04. The molecule has 1 aromatic heterocycles. The molecule has 0 saturated heterocycles. The molecule has 0 atom stereocenters. The van der Waals surface area contributed by atoms with Crippen molar-refractivity contribution < 1.29 is 0 Å². The molecule has 0 aliphatic rings. The third-order valence-corrected chi connectivity index (χ3v) is 2.01. The molecule has 1 rings (SSSR count). The number of hydrogen-bond acceptors (Lipinski definition) is 3. The molecule has 0 aromatic carbocycles. The fourth-order valence-corrected chi connectivity index (χ4v) is 1.29. The summed E-state index contributed by atoms with van der Waals surface area (Å²) < 4.78 is 0. The molecule has 0 saturated carbocycles. The van der Waals surface area contributed by atoms with Crippen molar-refractivity contribution in [3.63, 3.8) is 0 Å². The van der Waals surface area contributed by atoms with E-state index in [-0.39, 0.29) is 0 Å². The predicted molar refractivity (Wildman–Crippen MR) is 49.7 cm³/mol. The summed E-state index contributed by atoms with van der Waals surface area (Å²) in [4.78, 5) is 4.13. The van der Waals surface area contributed by atoms with Crippen molar-refractivity contribution in [3.8, 4) is 0 Å². The van der Waals surface area contributed by atoms with E-state index in [1.54, 1.807) is 11.3 Å². The molecule has 1 aromatic rings. The van der Waals surface area contributed by atoms with E-state index < -0.39 is 0 Å². The Labute approximate surface area is 71.0 Å². The number of nitrogens with zero attached hydrogens (tertiary/aromatic N) is 1. The molecule has 1 N–H and O–H groups in total. The molecule has 0 bridgehead atoms. The average Bonchev–Trinajstić information content (AvgIpc) is 2.50. The summed E-state index contributed by atoms with van der Waals surface area (Å²) in [7, 11) is 1.96. The van der Waals surface area contributed by atoms with E-state index in [9.17, 15) is 0 Å². The minimum Gasteiger partial charge on any atom is -0.319 e. The van der Waals surface area contributed by atoms with E-state index in [1.807, 2.05) is 18.6 Å². The van der Waals surface area contributed by atoms with Gasteiger partial charge in [0.25, 0.3) is 0 Å². The van der Waals surface area contributed by atoms with Crippen molar-refractivity contribution in [2.45, 2.75) is 6.42 Å². The Kier molecular flexibility index (Phi) is 3.86. The number of rotatable bonds is 4. The van der Waals surface area contributed by atoms with Gasteiger partial charge in [-0.2, -0.15) is 0 Å². The van der Waals surface area contributed by atoms with E-state index in [4.69, 9.17) is 0 Å².